The van der Waals surface area contributed by atoms with Crippen molar-refractivity contribution < 1.29 is 4.74 Å². The van der Waals surface area contributed by atoms with Gasteiger partial charge in [-0.3, -0.25) is 0 Å². The van der Waals surface area contributed by atoms with Gasteiger partial charge in [0.1, 0.15) is 0 Å². The molecule has 0 saturated heterocycles. The molecule has 1 saturated carbocycles. The first-order valence-electron chi connectivity index (χ1n) is 10.1. The molecule has 0 aliphatic heterocycles. The molecule has 0 bridgehead atoms. The zero-order chi connectivity index (χ0) is 17.0. The van der Waals surface area contributed by atoms with Gasteiger partial charge < -0.3 is 4.74 Å². The van der Waals surface area contributed by atoms with Crippen molar-refractivity contribution in [2.45, 2.75) is 83.7 Å². The van der Waals surface area contributed by atoms with Crippen molar-refractivity contribution in [3.05, 3.63) is 48.0 Å². The molecule has 1 aromatic carbocycles. The summed E-state index contributed by atoms with van der Waals surface area (Å²) in [5.41, 5.74) is 2.80. The topological polar surface area (TPSA) is 9.23 Å². The Kier molecular flexibility index (Phi) is 9.20. The molecule has 0 heterocycles. The molecule has 1 fully saturated rings. The third-order valence-electron chi connectivity index (χ3n) is 5.52. The molecule has 134 valence electrons. The van der Waals surface area contributed by atoms with E-state index >= 15 is 0 Å². The third kappa shape index (κ3) is 6.81. The highest BCUT2D eigenvalue weighted by Crippen LogP contribution is 2.37. The van der Waals surface area contributed by atoms with E-state index in [0.29, 0.717) is 13.2 Å². The van der Waals surface area contributed by atoms with Gasteiger partial charge in [-0.05, 0) is 48.6 Å². The van der Waals surface area contributed by atoms with Crippen LogP contribution in [0.1, 0.15) is 88.2 Å². The Hall–Kier alpha value is -1.08. The molecule has 0 radical (unpaired) electrons. The molecular formula is C23H36O. The summed E-state index contributed by atoms with van der Waals surface area (Å²) in [5, 5.41) is 0. The van der Waals surface area contributed by atoms with Crippen LogP contribution in [-0.2, 0) is 11.3 Å². The van der Waals surface area contributed by atoms with Crippen LogP contribution in [0.15, 0.2) is 36.9 Å². The average Bonchev–Trinajstić information content (AvgIpc) is 2.63. The van der Waals surface area contributed by atoms with Crippen molar-refractivity contribution >= 4 is 0 Å². The maximum absolute atomic E-state index is 5.51. The lowest BCUT2D eigenvalue weighted by atomic mass is 9.77. The monoisotopic (exact) mass is 328 g/mol. The summed E-state index contributed by atoms with van der Waals surface area (Å²) in [4.78, 5) is 0. The molecule has 0 unspecified atom stereocenters. The summed E-state index contributed by atoms with van der Waals surface area (Å²) in [6.07, 6.45) is 16.0. The number of hydrogen-bond acceptors (Lipinski definition) is 1. The minimum Gasteiger partial charge on any atom is -0.373 e. The third-order valence-corrected chi connectivity index (χ3v) is 5.52. The highest BCUT2D eigenvalue weighted by molar-refractivity contribution is 5.25. The van der Waals surface area contributed by atoms with E-state index in [9.17, 15) is 0 Å². The Morgan fingerprint density at radius 2 is 1.71 bits per heavy atom. The standard InChI is InChI=1S/C23H36O/c1-3-5-6-7-8-9-20-10-14-22(15-11-20)23-16-12-21(13-17-23)19-24-18-4-2/h4,12-13,16-17,20,22H,2-3,5-11,14-15,18-19H2,1H3. The molecule has 0 amide bonds. The van der Waals surface area contributed by atoms with E-state index in [4.69, 9.17) is 4.74 Å². The second-order valence-electron chi connectivity index (χ2n) is 7.47. The summed E-state index contributed by atoms with van der Waals surface area (Å²) in [6, 6.07) is 9.11. The van der Waals surface area contributed by atoms with Crippen LogP contribution in [-0.4, -0.2) is 6.61 Å². The van der Waals surface area contributed by atoms with Gasteiger partial charge >= 0.3 is 0 Å². The van der Waals surface area contributed by atoms with Crippen molar-refractivity contribution in [2.75, 3.05) is 6.61 Å². The fraction of sp³-hybridized carbons (Fsp3) is 0.652. The Balaban J connectivity index is 1.67. The number of unbranched alkanes of at least 4 members (excludes halogenated alkanes) is 4. The van der Waals surface area contributed by atoms with E-state index < -0.39 is 0 Å². The van der Waals surface area contributed by atoms with E-state index in [0.717, 1.165) is 11.8 Å². The molecule has 0 aromatic heterocycles. The molecule has 1 heteroatoms. The number of rotatable bonds is 11. The quantitative estimate of drug-likeness (QED) is 0.313. The van der Waals surface area contributed by atoms with Gasteiger partial charge in [0.05, 0.1) is 13.2 Å². The van der Waals surface area contributed by atoms with Crippen molar-refractivity contribution in [1.82, 2.24) is 0 Å². The van der Waals surface area contributed by atoms with Gasteiger partial charge in [-0.1, -0.05) is 75.8 Å². The largest absolute Gasteiger partial charge is 0.373 e. The summed E-state index contributed by atoms with van der Waals surface area (Å²) < 4.78 is 5.51. The van der Waals surface area contributed by atoms with Gasteiger partial charge in [0.25, 0.3) is 0 Å². The second kappa shape index (κ2) is 11.5. The molecule has 1 aliphatic carbocycles. The Labute approximate surface area is 149 Å². The first-order chi connectivity index (χ1) is 11.8. The summed E-state index contributed by atoms with van der Waals surface area (Å²) in [5.74, 6) is 1.78. The average molecular weight is 329 g/mol. The second-order valence-corrected chi connectivity index (χ2v) is 7.47. The lowest BCUT2D eigenvalue weighted by Gasteiger charge is -2.29. The normalized spacial score (nSPS) is 20.9. The predicted molar refractivity (Wildman–Crippen MR) is 104 cm³/mol. The summed E-state index contributed by atoms with van der Waals surface area (Å²) in [7, 11) is 0. The van der Waals surface area contributed by atoms with Crippen LogP contribution in [0.4, 0.5) is 0 Å². The fourth-order valence-corrected chi connectivity index (χ4v) is 3.97. The van der Waals surface area contributed by atoms with Crippen LogP contribution in [0.5, 0.6) is 0 Å². The number of hydrogen-bond donors (Lipinski definition) is 0. The summed E-state index contributed by atoms with van der Waals surface area (Å²) in [6.45, 7) is 7.29. The van der Waals surface area contributed by atoms with Gasteiger partial charge in [0.15, 0.2) is 0 Å². The lowest BCUT2D eigenvalue weighted by molar-refractivity contribution is 0.149. The number of benzene rings is 1. The first-order valence-corrected chi connectivity index (χ1v) is 10.1. The van der Waals surface area contributed by atoms with Crippen molar-refractivity contribution in [3.63, 3.8) is 0 Å². The zero-order valence-electron chi connectivity index (χ0n) is 15.6. The van der Waals surface area contributed by atoms with E-state index in [-0.39, 0.29) is 0 Å². The van der Waals surface area contributed by atoms with E-state index in [1.165, 1.54) is 75.3 Å². The molecule has 0 N–H and O–H groups in total. The van der Waals surface area contributed by atoms with Gasteiger partial charge in [-0.25, -0.2) is 0 Å². The molecule has 0 atom stereocenters. The first kappa shape index (κ1) is 19.2. The maximum Gasteiger partial charge on any atom is 0.0721 e. The van der Waals surface area contributed by atoms with Crippen LogP contribution in [0.25, 0.3) is 0 Å². The summed E-state index contributed by atoms with van der Waals surface area (Å²) >= 11 is 0. The molecule has 1 aliphatic rings. The Morgan fingerprint density at radius 1 is 1.00 bits per heavy atom. The highest BCUT2D eigenvalue weighted by atomic mass is 16.5. The van der Waals surface area contributed by atoms with Crippen LogP contribution < -0.4 is 0 Å². The van der Waals surface area contributed by atoms with Crippen LogP contribution >= 0.6 is 0 Å². The molecule has 1 nitrogen and oxygen atoms in total. The Morgan fingerprint density at radius 3 is 2.38 bits per heavy atom. The highest BCUT2D eigenvalue weighted by Gasteiger charge is 2.21. The fourth-order valence-electron chi connectivity index (χ4n) is 3.97. The van der Waals surface area contributed by atoms with E-state index in [1.807, 2.05) is 0 Å². The molecule has 1 aromatic rings. The van der Waals surface area contributed by atoms with Crippen LogP contribution in [0, 0.1) is 5.92 Å². The Bertz CT molecular complexity index is 440. The van der Waals surface area contributed by atoms with Crippen molar-refractivity contribution in [2.24, 2.45) is 5.92 Å². The minimum atomic E-state index is 0.629. The van der Waals surface area contributed by atoms with Crippen LogP contribution in [0.2, 0.25) is 0 Å². The van der Waals surface area contributed by atoms with Crippen LogP contribution in [0.3, 0.4) is 0 Å². The van der Waals surface area contributed by atoms with Crippen molar-refractivity contribution in [3.8, 4) is 0 Å². The lowest BCUT2D eigenvalue weighted by Crippen LogP contribution is -2.13. The smallest absolute Gasteiger partial charge is 0.0721 e. The van der Waals surface area contributed by atoms with Gasteiger partial charge in [-0.15, -0.1) is 6.58 Å². The maximum atomic E-state index is 5.51. The van der Waals surface area contributed by atoms with Gasteiger partial charge in [0, 0.05) is 0 Å². The van der Waals surface area contributed by atoms with Gasteiger partial charge in [-0.2, -0.15) is 0 Å². The predicted octanol–water partition coefficient (Wildman–Crippen LogP) is 7.02. The minimum absolute atomic E-state index is 0.629. The molecular weight excluding hydrogens is 292 g/mol. The zero-order valence-corrected chi connectivity index (χ0v) is 15.6. The van der Waals surface area contributed by atoms with E-state index in [2.05, 4.69) is 37.8 Å². The molecule has 0 spiro atoms. The number of ether oxygens (including phenoxy) is 1. The van der Waals surface area contributed by atoms with Gasteiger partial charge in [0.2, 0.25) is 0 Å². The van der Waals surface area contributed by atoms with E-state index in [1.54, 1.807) is 6.08 Å². The SMILES string of the molecule is C=CCOCc1ccc(C2CCC(CCCCCCC)CC2)cc1. The van der Waals surface area contributed by atoms with Crippen molar-refractivity contribution in [1.29, 1.82) is 0 Å². The molecule has 2 rings (SSSR count). The molecule has 24 heavy (non-hydrogen) atoms.